The van der Waals surface area contributed by atoms with E-state index in [0.717, 1.165) is 44.5 Å². The zero-order valence-corrected chi connectivity index (χ0v) is 20.1. The van der Waals surface area contributed by atoms with Crippen molar-refractivity contribution in [2.45, 2.75) is 70.9 Å². The Morgan fingerprint density at radius 2 is 1.93 bits per heavy atom. The Hall–Kier alpha value is -0.130. The smallest absolute Gasteiger partial charge is 0.214 e. The highest BCUT2D eigenvalue weighted by molar-refractivity contribution is 14.0. The van der Waals surface area contributed by atoms with E-state index in [-0.39, 0.29) is 47.3 Å². The Morgan fingerprint density at radius 1 is 1.26 bits per heavy atom. The lowest BCUT2D eigenvalue weighted by atomic mass is 9.73. The van der Waals surface area contributed by atoms with Crippen LogP contribution < -0.4 is 10.6 Å². The zero-order chi connectivity index (χ0) is 19.2. The number of piperidine rings is 1. The molecule has 7 nitrogen and oxygen atoms in total. The van der Waals surface area contributed by atoms with Crippen LogP contribution in [0.2, 0.25) is 0 Å². The molecule has 0 radical (unpaired) electrons. The van der Waals surface area contributed by atoms with Crippen molar-refractivity contribution >= 4 is 40.0 Å². The first kappa shape index (κ1) is 24.9. The van der Waals surface area contributed by atoms with Gasteiger partial charge in [-0.25, -0.2) is 12.7 Å². The molecule has 9 heteroatoms. The minimum absolute atomic E-state index is 0. The largest absolute Gasteiger partial charge is 0.392 e. The molecular formula is C18H37IN4O3S. The summed E-state index contributed by atoms with van der Waals surface area (Å²) in [6, 6.07) is 0.221. The van der Waals surface area contributed by atoms with Crippen molar-refractivity contribution in [3.8, 4) is 0 Å². The van der Waals surface area contributed by atoms with E-state index in [9.17, 15) is 13.5 Å². The van der Waals surface area contributed by atoms with Gasteiger partial charge in [-0.15, -0.1) is 24.0 Å². The van der Waals surface area contributed by atoms with Gasteiger partial charge in [0.05, 0.1) is 11.9 Å². The van der Waals surface area contributed by atoms with Gasteiger partial charge >= 0.3 is 0 Å². The van der Waals surface area contributed by atoms with Gasteiger partial charge in [-0.3, -0.25) is 4.99 Å². The van der Waals surface area contributed by atoms with Crippen LogP contribution in [0.15, 0.2) is 4.99 Å². The minimum Gasteiger partial charge on any atom is -0.392 e. The lowest BCUT2D eigenvalue weighted by molar-refractivity contribution is 0.00394. The number of hydrogen-bond donors (Lipinski definition) is 3. The highest BCUT2D eigenvalue weighted by Crippen LogP contribution is 2.35. The van der Waals surface area contributed by atoms with Crippen molar-refractivity contribution in [3.63, 3.8) is 0 Å². The van der Waals surface area contributed by atoms with Gasteiger partial charge in [-0.05, 0) is 32.1 Å². The lowest BCUT2D eigenvalue weighted by Crippen LogP contribution is -2.52. The number of aliphatic imine (C=N–C) groups is 1. The van der Waals surface area contributed by atoms with E-state index >= 15 is 0 Å². The molecule has 0 aromatic carbocycles. The maximum atomic E-state index is 12.2. The molecule has 160 valence electrons. The van der Waals surface area contributed by atoms with E-state index in [1.807, 2.05) is 6.92 Å². The summed E-state index contributed by atoms with van der Waals surface area (Å²) >= 11 is 0. The van der Waals surface area contributed by atoms with Gasteiger partial charge in [0.15, 0.2) is 5.96 Å². The first-order chi connectivity index (χ1) is 12.3. The maximum Gasteiger partial charge on any atom is 0.214 e. The third kappa shape index (κ3) is 7.01. The lowest BCUT2D eigenvalue weighted by Gasteiger charge is -2.39. The normalized spacial score (nSPS) is 28.4. The number of halogens is 1. The number of aliphatic hydroxyl groups excluding tert-OH is 1. The SMILES string of the molecule is CCCS(=O)(=O)N1CCC(NC(=NC)NCC2(C)CCCCC2O)CC1.I. The number of rotatable bonds is 6. The Labute approximate surface area is 181 Å². The van der Waals surface area contributed by atoms with Crippen LogP contribution in [0.5, 0.6) is 0 Å². The number of guanidine groups is 1. The second-order valence-electron chi connectivity index (χ2n) is 7.98. The first-order valence-corrected chi connectivity index (χ1v) is 11.5. The summed E-state index contributed by atoms with van der Waals surface area (Å²) in [7, 11) is -1.35. The number of hydrogen-bond acceptors (Lipinski definition) is 4. The summed E-state index contributed by atoms with van der Waals surface area (Å²) in [4.78, 5) is 4.30. The van der Waals surface area contributed by atoms with E-state index in [4.69, 9.17) is 0 Å². The molecule has 0 spiro atoms. The predicted octanol–water partition coefficient (Wildman–Crippen LogP) is 1.91. The van der Waals surface area contributed by atoms with Crippen LogP contribution in [0.3, 0.4) is 0 Å². The van der Waals surface area contributed by atoms with Crippen molar-refractivity contribution in [2.75, 3.05) is 32.4 Å². The monoisotopic (exact) mass is 516 g/mol. The summed E-state index contributed by atoms with van der Waals surface area (Å²) in [5, 5.41) is 17.1. The van der Waals surface area contributed by atoms with Crippen LogP contribution in [0.25, 0.3) is 0 Å². The topological polar surface area (TPSA) is 94.0 Å². The minimum atomic E-state index is -3.10. The van der Waals surface area contributed by atoms with Crippen molar-refractivity contribution in [1.82, 2.24) is 14.9 Å². The molecule has 2 aliphatic rings. The van der Waals surface area contributed by atoms with Crippen LogP contribution >= 0.6 is 24.0 Å². The first-order valence-electron chi connectivity index (χ1n) is 9.94. The quantitative estimate of drug-likeness (QED) is 0.285. The van der Waals surface area contributed by atoms with Crippen LogP contribution in [-0.2, 0) is 10.0 Å². The number of sulfonamides is 1. The molecule has 2 rings (SSSR count). The molecule has 1 aliphatic carbocycles. The number of nitrogens with one attached hydrogen (secondary N) is 2. The van der Waals surface area contributed by atoms with Gasteiger partial charge in [0.1, 0.15) is 0 Å². The molecule has 2 fully saturated rings. The third-order valence-corrected chi connectivity index (χ3v) is 7.89. The predicted molar refractivity (Wildman–Crippen MR) is 121 cm³/mol. The molecule has 2 unspecified atom stereocenters. The van der Waals surface area contributed by atoms with Gasteiger partial charge in [-0.2, -0.15) is 0 Å². The van der Waals surface area contributed by atoms with E-state index in [1.54, 1.807) is 11.4 Å². The van der Waals surface area contributed by atoms with Crippen molar-refractivity contribution in [1.29, 1.82) is 0 Å². The average molecular weight is 516 g/mol. The summed E-state index contributed by atoms with van der Waals surface area (Å²) in [6.07, 6.45) is 6.10. The van der Waals surface area contributed by atoms with Gasteiger partial charge in [0, 0.05) is 38.1 Å². The molecule has 1 aliphatic heterocycles. The fourth-order valence-electron chi connectivity index (χ4n) is 3.93. The molecule has 1 saturated carbocycles. The Bertz CT molecular complexity index is 579. The molecule has 3 N–H and O–H groups in total. The highest BCUT2D eigenvalue weighted by Gasteiger charge is 2.35. The second kappa shape index (κ2) is 11.2. The van der Waals surface area contributed by atoms with Crippen LogP contribution in [-0.4, -0.2) is 68.4 Å². The molecule has 0 aromatic rings. The van der Waals surface area contributed by atoms with Crippen LogP contribution in [0.4, 0.5) is 0 Å². The fourth-order valence-corrected chi connectivity index (χ4v) is 5.47. The molecule has 0 bridgehead atoms. The van der Waals surface area contributed by atoms with E-state index in [1.165, 1.54) is 0 Å². The Kier molecular flexibility index (Phi) is 10.3. The van der Waals surface area contributed by atoms with E-state index in [0.29, 0.717) is 26.1 Å². The van der Waals surface area contributed by atoms with Crippen LogP contribution in [0.1, 0.15) is 58.8 Å². The standard InChI is InChI=1S/C18H36N4O3S.HI/c1-4-13-26(24,25)22-11-8-15(9-12-22)21-17(19-3)20-14-18(2)10-6-5-7-16(18)23;/h15-16,23H,4-14H2,1-3H3,(H2,19,20,21);1H. The Morgan fingerprint density at radius 3 is 2.48 bits per heavy atom. The summed E-state index contributed by atoms with van der Waals surface area (Å²) in [6.45, 7) is 5.85. The Balaban J connectivity index is 0.00000364. The van der Waals surface area contributed by atoms with E-state index < -0.39 is 10.0 Å². The number of nitrogens with zero attached hydrogens (tertiary/aromatic N) is 2. The molecule has 0 amide bonds. The van der Waals surface area contributed by atoms with E-state index in [2.05, 4.69) is 22.5 Å². The van der Waals surface area contributed by atoms with Crippen LogP contribution in [0, 0.1) is 5.41 Å². The molecule has 0 aromatic heterocycles. The van der Waals surface area contributed by atoms with Gasteiger partial charge in [0.2, 0.25) is 10.0 Å². The summed E-state index contributed by atoms with van der Waals surface area (Å²) < 4.78 is 25.9. The molecule has 2 atom stereocenters. The second-order valence-corrected chi connectivity index (χ2v) is 10.1. The average Bonchev–Trinajstić information content (AvgIpc) is 2.62. The summed E-state index contributed by atoms with van der Waals surface area (Å²) in [5.74, 6) is 0.966. The van der Waals surface area contributed by atoms with Gasteiger partial charge < -0.3 is 15.7 Å². The molecule has 1 saturated heterocycles. The molecule has 27 heavy (non-hydrogen) atoms. The van der Waals surface area contributed by atoms with Gasteiger partial charge in [-0.1, -0.05) is 26.7 Å². The van der Waals surface area contributed by atoms with Crippen molar-refractivity contribution in [2.24, 2.45) is 10.4 Å². The zero-order valence-electron chi connectivity index (χ0n) is 16.9. The fraction of sp³-hybridized carbons (Fsp3) is 0.944. The third-order valence-electron chi connectivity index (χ3n) is 5.81. The summed E-state index contributed by atoms with van der Waals surface area (Å²) in [5.41, 5.74) is -0.118. The van der Waals surface area contributed by atoms with Crippen molar-refractivity contribution in [3.05, 3.63) is 0 Å². The molecular weight excluding hydrogens is 479 g/mol. The number of aliphatic hydroxyl groups is 1. The maximum absolute atomic E-state index is 12.2. The van der Waals surface area contributed by atoms with Crippen molar-refractivity contribution < 1.29 is 13.5 Å². The van der Waals surface area contributed by atoms with Gasteiger partial charge in [0.25, 0.3) is 0 Å². The molecule has 1 heterocycles. The highest BCUT2D eigenvalue weighted by atomic mass is 127.